The molecule has 0 unspecified atom stereocenters. The summed E-state index contributed by atoms with van der Waals surface area (Å²) in [7, 11) is -3.86. The third kappa shape index (κ3) is 6.16. The van der Waals surface area contributed by atoms with Gasteiger partial charge in [-0.3, -0.25) is 10.1 Å². The molecule has 0 aliphatic carbocycles. The molecule has 0 aliphatic heterocycles. The molecule has 3 aromatic rings. The minimum atomic E-state index is -3.86. The Labute approximate surface area is 190 Å². The van der Waals surface area contributed by atoms with Gasteiger partial charge >= 0.3 is 6.09 Å². The number of sulfonamides is 1. The molecule has 1 aromatic heterocycles. The van der Waals surface area contributed by atoms with Crippen LogP contribution in [0, 0.1) is 0 Å². The molecule has 3 rings (SSSR count). The van der Waals surface area contributed by atoms with E-state index in [1.165, 1.54) is 35.6 Å². The van der Waals surface area contributed by atoms with Crippen molar-refractivity contribution in [2.24, 2.45) is 5.14 Å². The summed E-state index contributed by atoms with van der Waals surface area (Å²) < 4.78 is 28.2. The number of ether oxygens (including phenoxy) is 1. The number of nitrogens with two attached hydrogens (primary N) is 1. The maximum atomic E-state index is 12.8. The van der Waals surface area contributed by atoms with E-state index in [-0.39, 0.29) is 10.5 Å². The molecule has 168 valence electrons. The highest BCUT2D eigenvalue weighted by molar-refractivity contribution is 7.89. The van der Waals surface area contributed by atoms with Crippen LogP contribution < -0.4 is 15.8 Å². The Kier molecular flexibility index (Phi) is 6.68. The second-order valence-corrected chi connectivity index (χ2v) is 10.4. The molecule has 0 atom stereocenters. The summed E-state index contributed by atoms with van der Waals surface area (Å²) in [4.78, 5) is 26.0. The molecular formula is C22H23N3O5S2. The first-order valence-corrected chi connectivity index (χ1v) is 12.0. The molecule has 32 heavy (non-hydrogen) atoms. The fraction of sp³-hybridized carbons (Fsp3) is 0.182. The van der Waals surface area contributed by atoms with Gasteiger partial charge in [0.1, 0.15) is 5.60 Å². The van der Waals surface area contributed by atoms with E-state index in [1.807, 2.05) is 23.6 Å². The topological polar surface area (TPSA) is 128 Å². The number of hydrogen-bond acceptors (Lipinski definition) is 6. The average molecular weight is 474 g/mol. The van der Waals surface area contributed by atoms with Gasteiger partial charge in [0.05, 0.1) is 16.3 Å². The van der Waals surface area contributed by atoms with Crippen LogP contribution in [0.5, 0.6) is 0 Å². The number of benzene rings is 2. The van der Waals surface area contributed by atoms with Gasteiger partial charge in [0.15, 0.2) is 0 Å². The number of thiophene rings is 1. The van der Waals surface area contributed by atoms with E-state index in [0.717, 1.165) is 10.4 Å². The lowest BCUT2D eigenvalue weighted by molar-refractivity contribution is 0.0635. The van der Waals surface area contributed by atoms with Crippen LogP contribution >= 0.6 is 11.3 Å². The Morgan fingerprint density at radius 2 is 1.66 bits per heavy atom. The van der Waals surface area contributed by atoms with E-state index < -0.39 is 27.6 Å². The lowest BCUT2D eigenvalue weighted by Gasteiger charge is -2.21. The van der Waals surface area contributed by atoms with E-state index in [2.05, 4.69) is 10.6 Å². The number of amides is 2. The minimum Gasteiger partial charge on any atom is -0.444 e. The summed E-state index contributed by atoms with van der Waals surface area (Å²) in [6.45, 7) is 5.25. The van der Waals surface area contributed by atoms with Crippen LogP contribution in [0.3, 0.4) is 0 Å². The van der Waals surface area contributed by atoms with Gasteiger partial charge in [0, 0.05) is 10.4 Å². The smallest absolute Gasteiger partial charge is 0.412 e. The molecule has 0 bridgehead atoms. The Balaban J connectivity index is 1.90. The Morgan fingerprint density at radius 3 is 2.22 bits per heavy atom. The molecule has 2 aromatic carbocycles. The van der Waals surface area contributed by atoms with Crippen LogP contribution in [-0.4, -0.2) is 26.0 Å². The molecule has 0 spiro atoms. The minimum absolute atomic E-state index is 0.0963. The highest BCUT2D eigenvalue weighted by atomic mass is 32.2. The third-order valence-electron chi connectivity index (χ3n) is 4.15. The first-order valence-electron chi connectivity index (χ1n) is 9.54. The monoisotopic (exact) mass is 473 g/mol. The maximum Gasteiger partial charge on any atom is 0.412 e. The standard InChI is InChI=1S/C22H23N3O5S2/c1-22(2,3)30-21(27)25-17-11-8-15(19-5-4-12-31-19)13-18(17)24-20(26)14-6-9-16(10-7-14)32(23,28)29/h4-13H,1-3H3,(H,24,26)(H,25,27)(H2,23,28,29). The molecule has 2 amide bonds. The quantitative estimate of drug-likeness (QED) is 0.496. The number of carbonyl (C=O) groups excluding carboxylic acids is 2. The summed E-state index contributed by atoms with van der Waals surface area (Å²) in [5, 5.41) is 12.5. The summed E-state index contributed by atoms with van der Waals surface area (Å²) in [5.41, 5.74) is 1.11. The average Bonchev–Trinajstić information content (AvgIpc) is 3.22. The van der Waals surface area contributed by atoms with E-state index in [1.54, 1.807) is 32.9 Å². The number of primary sulfonamides is 1. The molecule has 10 heteroatoms. The van der Waals surface area contributed by atoms with Gasteiger partial charge < -0.3 is 10.1 Å². The van der Waals surface area contributed by atoms with Gasteiger partial charge in [-0.15, -0.1) is 11.3 Å². The third-order valence-corrected chi connectivity index (χ3v) is 6.00. The molecule has 0 fully saturated rings. The van der Waals surface area contributed by atoms with Gasteiger partial charge in [-0.25, -0.2) is 18.4 Å². The predicted molar refractivity (Wildman–Crippen MR) is 125 cm³/mol. The normalized spacial score (nSPS) is 11.6. The highest BCUT2D eigenvalue weighted by Crippen LogP contribution is 2.32. The number of carbonyl (C=O) groups is 2. The first-order chi connectivity index (χ1) is 14.9. The van der Waals surface area contributed by atoms with Gasteiger partial charge in [-0.05, 0) is 74.2 Å². The zero-order chi connectivity index (χ0) is 23.5. The summed E-state index contributed by atoms with van der Waals surface area (Å²) in [6, 6.07) is 14.3. The number of hydrogen-bond donors (Lipinski definition) is 3. The molecule has 1 heterocycles. The van der Waals surface area contributed by atoms with E-state index in [0.29, 0.717) is 11.4 Å². The number of nitrogens with one attached hydrogen (secondary N) is 2. The van der Waals surface area contributed by atoms with E-state index in [4.69, 9.17) is 9.88 Å². The largest absolute Gasteiger partial charge is 0.444 e. The molecule has 0 radical (unpaired) electrons. The van der Waals surface area contributed by atoms with Gasteiger partial charge in [-0.1, -0.05) is 12.1 Å². The van der Waals surface area contributed by atoms with Crippen molar-refractivity contribution < 1.29 is 22.7 Å². The Hall–Kier alpha value is -3.21. The van der Waals surface area contributed by atoms with Gasteiger partial charge in [0.2, 0.25) is 10.0 Å². The van der Waals surface area contributed by atoms with Crippen LogP contribution in [0.4, 0.5) is 16.2 Å². The summed E-state index contributed by atoms with van der Waals surface area (Å²) >= 11 is 1.54. The SMILES string of the molecule is CC(C)(C)OC(=O)Nc1ccc(-c2cccs2)cc1NC(=O)c1ccc(S(N)(=O)=O)cc1. The van der Waals surface area contributed by atoms with Crippen LogP contribution in [0.1, 0.15) is 31.1 Å². The van der Waals surface area contributed by atoms with Gasteiger partial charge in [0.25, 0.3) is 5.91 Å². The molecule has 4 N–H and O–H groups in total. The molecule has 0 saturated heterocycles. The van der Waals surface area contributed by atoms with Crippen LogP contribution in [0.15, 0.2) is 64.9 Å². The maximum absolute atomic E-state index is 12.8. The second kappa shape index (κ2) is 9.11. The van der Waals surface area contributed by atoms with Crippen LogP contribution in [0.25, 0.3) is 10.4 Å². The number of rotatable bonds is 5. The van der Waals surface area contributed by atoms with Crippen molar-refractivity contribution in [3.05, 3.63) is 65.5 Å². The van der Waals surface area contributed by atoms with Crippen molar-refractivity contribution in [2.45, 2.75) is 31.3 Å². The van der Waals surface area contributed by atoms with Crippen molar-refractivity contribution in [1.82, 2.24) is 0 Å². The van der Waals surface area contributed by atoms with Crippen LogP contribution in [-0.2, 0) is 14.8 Å². The number of anilines is 2. The predicted octanol–water partition coefficient (Wildman–Crippen LogP) is 4.66. The first kappa shape index (κ1) is 23.5. The highest BCUT2D eigenvalue weighted by Gasteiger charge is 2.19. The fourth-order valence-corrected chi connectivity index (χ4v) is 4.00. The second-order valence-electron chi connectivity index (χ2n) is 7.89. The zero-order valence-corrected chi connectivity index (χ0v) is 19.3. The molecule has 0 saturated carbocycles. The van der Waals surface area contributed by atoms with Crippen LogP contribution in [0.2, 0.25) is 0 Å². The molecule has 8 nitrogen and oxygen atoms in total. The molecular weight excluding hydrogens is 450 g/mol. The lowest BCUT2D eigenvalue weighted by Crippen LogP contribution is -2.27. The van der Waals surface area contributed by atoms with E-state index >= 15 is 0 Å². The van der Waals surface area contributed by atoms with Gasteiger partial charge in [-0.2, -0.15) is 0 Å². The summed E-state index contributed by atoms with van der Waals surface area (Å²) in [5.74, 6) is -0.485. The lowest BCUT2D eigenvalue weighted by atomic mass is 10.1. The van der Waals surface area contributed by atoms with E-state index in [9.17, 15) is 18.0 Å². The van der Waals surface area contributed by atoms with Crippen molar-refractivity contribution in [3.8, 4) is 10.4 Å². The zero-order valence-electron chi connectivity index (χ0n) is 17.7. The summed E-state index contributed by atoms with van der Waals surface area (Å²) in [6.07, 6.45) is -0.658. The van der Waals surface area contributed by atoms with Crippen molar-refractivity contribution in [1.29, 1.82) is 0 Å². The Bertz CT molecular complexity index is 1230. The Morgan fingerprint density at radius 1 is 0.969 bits per heavy atom. The fourth-order valence-electron chi connectivity index (χ4n) is 2.76. The van der Waals surface area contributed by atoms with Crippen molar-refractivity contribution in [2.75, 3.05) is 10.6 Å². The molecule has 0 aliphatic rings. The van der Waals surface area contributed by atoms with Crippen molar-refractivity contribution >= 4 is 44.7 Å². The van der Waals surface area contributed by atoms with Crippen molar-refractivity contribution in [3.63, 3.8) is 0 Å².